The van der Waals surface area contributed by atoms with Crippen LogP contribution in [0, 0.1) is 52.3 Å². The van der Waals surface area contributed by atoms with Gasteiger partial charge in [0.05, 0.1) is 0 Å². The summed E-state index contributed by atoms with van der Waals surface area (Å²) in [6.45, 7) is 12.8. The van der Waals surface area contributed by atoms with E-state index in [4.69, 9.17) is 17.0 Å². The van der Waals surface area contributed by atoms with E-state index < -0.39 is 0 Å². The molecule has 0 heterocycles. The molecule has 1 unspecified atom stereocenters. The predicted molar refractivity (Wildman–Crippen MR) is 144 cm³/mol. The normalized spacial score (nSPS) is 44.5. The number of ether oxygens (including phenoxy) is 1. The standard InChI is InChI=1S/C29H50OS2/c1-19(2)8-7-9-20(3)24-12-13-25-23-11-10-21-18-22(30-27(31)32-6)14-16-28(21,4)26(23)15-17-29(24,25)5/h19-26H,7-18H2,1-6H3/t20-,21+,22+,23+,24-,25+,26?,28+,29-/m1/s1. The van der Waals surface area contributed by atoms with Gasteiger partial charge in [-0.25, -0.2) is 0 Å². The topological polar surface area (TPSA) is 9.23 Å². The largest absolute Gasteiger partial charge is 0.475 e. The summed E-state index contributed by atoms with van der Waals surface area (Å²) in [5, 5.41) is 0. The van der Waals surface area contributed by atoms with Gasteiger partial charge in [0, 0.05) is 0 Å². The zero-order valence-electron chi connectivity index (χ0n) is 21.8. The minimum atomic E-state index is 0.376. The molecule has 0 bridgehead atoms. The van der Waals surface area contributed by atoms with Gasteiger partial charge in [0.15, 0.2) is 0 Å². The van der Waals surface area contributed by atoms with Gasteiger partial charge in [0.25, 0.3) is 0 Å². The van der Waals surface area contributed by atoms with E-state index in [1.54, 1.807) is 11.8 Å². The van der Waals surface area contributed by atoms with Gasteiger partial charge in [0.2, 0.25) is 4.38 Å². The average Bonchev–Trinajstić information content (AvgIpc) is 3.11. The van der Waals surface area contributed by atoms with Gasteiger partial charge in [0.1, 0.15) is 6.10 Å². The minimum absolute atomic E-state index is 0.376. The minimum Gasteiger partial charge on any atom is -0.475 e. The molecule has 0 aromatic carbocycles. The summed E-state index contributed by atoms with van der Waals surface area (Å²) in [4.78, 5) is 0. The molecule has 0 aliphatic heterocycles. The molecule has 0 saturated heterocycles. The number of hydrogen-bond donors (Lipinski definition) is 0. The first-order valence-corrected chi connectivity index (χ1v) is 15.6. The lowest BCUT2D eigenvalue weighted by molar-refractivity contribution is -0.127. The number of thioether (sulfide) groups is 1. The Labute approximate surface area is 209 Å². The number of rotatable bonds is 6. The second kappa shape index (κ2) is 10.1. The van der Waals surface area contributed by atoms with Crippen molar-refractivity contribution < 1.29 is 4.74 Å². The first kappa shape index (κ1) is 25.3. The van der Waals surface area contributed by atoms with E-state index in [2.05, 4.69) is 34.6 Å². The van der Waals surface area contributed by atoms with Crippen LogP contribution in [0.2, 0.25) is 0 Å². The summed E-state index contributed by atoms with van der Waals surface area (Å²) in [5.41, 5.74) is 1.17. The van der Waals surface area contributed by atoms with Crippen molar-refractivity contribution in [1.29, 1.82) is 0 Å². The second-order valence-corrected chi connectivity index (χ2v) is 14.6. The molecule has 4 saturated carbocycles. The quantitative estimate of drug-likeness (QED) is 0.352. The van der Waals surface area contributed by atoms with E-state index in [0.717, 1.165) is 45.8 Å². The van der Waals surface area contributed by atoms with Gasteiger partial charge in [-0.15, -0.1) is 0 Å². The maximum absolute atomic E-state index is 6.14. The fraction of sp³-hybridized carbons (Fsp3) is 0.966. The molecule has 4 aliphatic rings. The summed E-state index contributed by atoms with van der Waals surface area (Å²) in [7, 11) is 0. The molecular weight excluding hydrogens is 428 g/mol. The van der Waals surface area contributed by atoms with Crippen molar-refractivity contribution in [3.63, 3.8) is 0 Å². The fourth-order valence-corrected chi connectivity index (χ4v) is 9.90. The summed E-state index contributed by atoms with van der Waals surface area (Å²) in [6, 6.07) is 0. The van der Waals surface area contributed by atoms with Crippen molar-refractivity contribution in [2.45, 2.75) is 118 Å². The fourth-order valence-electron chi connectivity index (χ4n) is 9.53. The molecular formula is C29H50OS2. The van der Waals surface area contributed by atoms with E-state index in [0.29, 0.717) is 16.9 Å². The van der Waals surface area contributed by atoms with Gasteiger partial charge >= 0.3 is 0 Å². The lowest BCUT2D eigenvalue weighted by Gasteiger charge is -2.61. The molecule has 0 radical (unpaired) electrons. The lowest BCUT2D eigenvalue weighted by atomic mass is 9.44. The van der Waals surface area contributed by atoms with Crippen molar-refractivity contribution in [2.24, 2.45) is 52.3 Å². The zero-order valence-corrected chi connectivity index (χ0v) is 23.5. The van der Waals surface area contributed by atoms with Gasteiger partial charge in [-0.1, -0.05) is 65.6 Å². The Bertz CT molecular complexity index is 662. The molecule has 9 atom stereocenters. The van der Waals surface area contributed by atoms with Crippen molar-refractivity contribution in [3.8, 4) is 0 Å². The van der Waals surface area contributed by atoms with E-state index >= 15 is 0 Å². The van der Waals surface area contributed by atoms with Crippen LogP contribution in [0.5, 0.6) is 0 Å². The Morgan fingerprint density at radius 3 is 2.38 bits per heavy atom. The van der Waals surface area contributed by atoms with Crippen molar-refractivity contribution in [2.75, 3.05) is 6.26 Å². The van der Waals surface area contributed by atoms with E-state index in [9.17, 15) is 0 Å². The molecule has 4 rings (SSSR count). The van der Waals surface area contributed by atoms with E-state index in [1.165, 1.54) is 77.0 Å². The first-order valence-electron chi connectivity index (χ1n) is 13.9. The number of hydrogen-bond acceptors (Lipinski definition) is 3. The van der Waals surface area contributed by atoms with Crippen LogP contribution in [0.4, 0.5) is 0 Å². The lowest BCUT2D eigenvalue weighted by Crippen LogP contribution is -2.54. The van der Waals surface area contributed by atoms with Gasteiger partial charge in [-0.3, -0.25) is 0 Å². The van der Waals surface area contributed by atoms with Crippen LogP contribution < -0.4 is 0 Å². The molecule has 184 valence electrons. The Balaban J connectivity index is 1.42. The van der Waals surface area contributed by atoms with Gasteiger partial charge in [-0.2, -0.15) is 0 Å². The van der Waals surface area contributed by atoms with Crippen LogP contribution in [-0.4, -0.2) is 16.7 Å². The highest BCUT2D eigenvalue weighted by Gasteiger charge is 2.60. The smallest absolute Gasteiger partial charge is 0.219 e. The summed E-state index contributed by atoms with van der Waals surface area (Å²) in [5.74, 6) is 6.55. The number of thiocarbonyl (C=S) groups is 1. The van der Waals surface area contributed by atoms with E-state index in [-0.39, 0.29) is 0 Å². The zero-order chi connectivity index (χ0) is 23.1. The molecule has 0 N–H and O–H groups in total. The molecule has 0 spiro atoms. The van der Waals surface area contributed by atoms with Gasteiger partial charge in [-0.05, 0) is 129 Å². The maximum atomic E-state index is 6.14. The third-order valence-corrected chi connectivity index (χ3v) is 12.3. The predicted octanol–water partition coefficient (Wildman–Crippen LogP) is 9.14. The van der Waals surface area contributed by atoms with Crippen LogP contribution >= 0.6 is 24.0 Å². The highest BCUT2D eigenvalue weighted by atomic mass is 32.2. The highest BCUT2D eigenvalue weighted by Crippen LogP contribution is 2.68. The van der Waals surface area contributed by atoms with Crippen LogP contribution in [0.15, 0.2) is 0 Å². The monoisotopic (exact) mass is 478 g/mol. The SMILES string of the molecule is CSC(=S)O[C@H]1CC[C@]2(C)C3CC[C@]4(C)[C@@H]([C@H](C)CCCC(C)C)CC[C@H]4[C@@H]3CC[C@H]2C1. The molecule has 1 nitrogen and oxygen atoms in total. The van der Waals surface area contributed by atoms with Gasteiger partial charge < -0.3 is 4.74 Å². The van der Waals surface area contributed by atoms with Crippen LogP contribution in [0.1, 0.15) is 112 Å². The molecule has 0 amide bonds. The Morgan fingerprint density at radius 1 is 0.938 bits per heavy atom. The second-order valence-electron chi connectivity index (χ2n) is 13.2. The van der Waals surface area contributed by atoms with Crippen molar-refractivity contribution in [3.05, 3.63) is 0 Å². The Morgan fingerprint density at radius 2 is 1.66 bits per heavy atom. The van der Waals surface area contributed by atoms with Crippen LogP contribution in [-0.2, 0) is 4.74 Å². The molecule has 0 aromatic heterocycles. The summed E-state index contributed by atoms with van der Waals surface area (Å²) < 4.78 is 6.89. The third-order valence-electron chi connectivity index (χ3n) is 11.2. The number of fused-ring (bicyclic) bond motifs is 5. The molecule has 4 aliphatic carbocycles. The Hall–Kier alpha value is 0.240. The molecule has 4 fully saturated rings. The van der Waals surface area contributed by atoms with Crippen LogP contribution in [0.3, 0.4) is 0 Å². The van der Waals surface area contributed by atoms with Crippen LogP contribution in [0.25, 0.3) is 0 Å². The maximum Gasteiger partial charge on any atom is 0.219 e. The van der Waals surface area contributed by atoms with Crippen molar-refractivity contribution in [1.82, 2.24) is 0 Å². The molecule has 32 heavy (non-hydrogen) atoms. The average molecular weight is 479 g/mol. The molecule has 3 heteroatoms. The first-order chi connectivity index (χ1) is 15.2. The summed E-state index contributed by atoms with van der Waals surface area (Å²) in [6.07, 6.45) is 19.5. The summed E-state index contributed by atoms with van der Waals surface area (Å²) >= 11 is 6.97. The van der Waals surface area contributed by atoms with Crippen molar-refractivity contribution >= 4 is 28.4 Å². The third kappa shape index (κ3) is 4.69. The molecule has 0 aromatic rings. The highest BCUT2D eigenvalue weighted by molar-refractivity contribution is 8.22. The Kier molecular flexibility index (Phi) is 7.98. The van der Waals surface area contributed by atoms with E-state index in [1.807, 2.05) is 6.26 Å².